The average Bonchev–Trinajstić information content (AvgIpc) is 3.36. The van der Waals surface area contributed by atoms with Crippen LogP contribution in [0.2, 0.25) is 0 Å². The maximum Gasteiger partial charge on any atom is 0.272 e. The van der Waals surface area contributed by atoms with Crippen LogP contribution in [0.3, 0.4) is 0 Å². The Morgan fingerprint density at radius 2 is 1.84 bits per heavy atom. The minimum atomic E-state index is -0.988. The summed E-state index contributed by atoms with van der Waals surface area (Å²) in [7, 11) is 2.22. The van der Waals surface area contributed by atoms with Gasteiger partial charge < -0.3 is 25.3 Å². The highest BCUT2D eigenvalue weighted by atomic mass is 16.5. The Kier molecular flexibility index (Phi) is 9.15. The van der Waals surface area contributed by atoms with Crippen LogP contribution in [0.4, 0.5) is 0 Å². The van der Waals surface area contributed by atoms with Gasteiger partial charge in [0.2, 0.25) is 0 Å². The van der Waals surface area contributed by atoms with Crippen LogP contribution in [0.1, 0.15) is 87.4 Å². The number of aromatic amines is 1. The number of allylic oxidation sites excluding steroid dienone is 1. The van der Waals surface area contributed by atoms with Crippen LogP contribution >= 0.6 is 0 Å². The van der Waals surface area contributed by atoms with E-state index in [0.29, 0.717) is 64.0 Å². The molecule has 1 spiro atoms. The van der Waals surface area contributed by atoms with E-state index in [0.717, 1.165) is 24.9 Å². The fourth-order valence-corrected chi connectivity index (χ4v) is 6.20. The molecule has 4 aliphatic rings. The van der Waals surface area contributed by atoms with Crippen molar-refractivity contribution in [3.63, 3.8) is 0 Å². The van der Waals surface area contributed by atoms with Crippen LogP contribution in [-0.4, -0.2) is 83.2 Å². The predicted molar refractivity (Wildman–Crippen MR) is 143 cm³/mol. The highest BCUT2D eigenvalue weighted by Gasteiger charge is 2.49. The molecule has 0 radical (unpaired) electrons. The van der Waals surface area contributed by atoms with Gasteiger partial charge in [0.25, 0.3) is 11.5 Å². The van der Waals surface area contributed by atoms with Crippen molar-refractivity contribution in [1.82, 2.24) is 19.8 Å². The van der Waals surface area contributed by atoms with Crippen molar-refractivity contribution in [3.8, 4) is 0 Å². The number of amides is 1. The summed E-state index contributed by atoms with van der Waals surface area (Å²) < 4.78 is 5.25. The van der Waals surface area contributed by atoms with E-state index >= 15 is 0 Å². The Balaban J connectivity index is 0.000000360. The number of hydrogen-bond acceptors (Lipinski definition) is 8. The number of aromatic nitrogens is 2. The van der Waals surface area contributed by atoms with Gasteiger partial charge in [-0.3, -0.25) is 19.2 Å². The lowest BCUT2D eigenvalue weighted by Gasteiger charge is -2.38. The molecule has 5 rings (SSSR count). The lowest BCUT2D eigenvalue weighted by molar-refractivity contribution is -0.143. The minimum Gasteiger partial charge on any atom is -0.395 e. The predicted octanol–water partition coefficient (Wildman–Crippen LogP) is 2.29. The Bertz CT molecular complexity index is 1130. The summed E-state index contributed by atoms with van der Waals surface area (Å²) in [6.45, 7) is 5.28. The van der Waals surface area contributed by atoms with E-state index in [-0.39, 0.29) is 34.7 Å². The van der Waals surface area contributed by atoms with Crippen LogP contribution in [0.5, 0.6) is 0 Å². The number of rotatable bonds is 3. The molecule has 3 N–H and O–H groups in total. The number of hydrogen-bond donors (Lipinski definition) is 2. The first-order valence-corrected chi connectivity index (χ1v) is 14.0. The molecule has 2 aliphatic heterocycles. The first kappa shape index (κ1) is 28.2. The number of carbonyl (C=O) groups is 3. The van der Waals surface area contributed by atoms with E-state index in [4.69, 9.17) is 10.5 Å². The lowest BCUT2D eigenvalue weighted by Crippen LogP contribution is -2.45. The van der Waals surface area contributed by atoms with Crippen LogP contribution in [0.15, 0.2) is 16.4 Å². The summed E-state index contributed by atoms with van der Waals surface area (Å²) in [6.07, 6.45) is 8.40. The number of ether oxygens (including phenoxy) is 1. The number of morpholine rings is 1. The van der Waals surface area contributed by atoms with Crippen molar-refractivity contribution < 1.29 is 19.1 Å². The molecule has 208 valence electrons. The topological polar surface area (TPSA) is 139 Å². The van der Waals surface area contributed by atoms with Crippen LogP contribution in [0, 0.1) is 5.41 Å². The summed E-state index contributed by atoms with van der Waals surface area (Å²) in [5, 5.41) is 0. The normalized spacial score (nSPS) is 27.7. The summed E-state index contributed by atoms with van der Waals surface area (Å²) >= 11 is 0. The molecule has 2 atom stereocenters. The van der Waals surface area contributed by atoms with E-state index in [1.54, 1.807) is 4.90 Å². The summed E-state index contributed by atoms with van der Waals surface area (Å²) in [4.78, 5) is 61.7. The van der Waals surface area contributed by atoms with Crippen molar-refractivity contribution in [1.29, 1.82) is 0 Å². The zero-order chi connectivity index (χ0) is 27.3. The van der Waals surface area contributed by atoms with Crippen LogP contribution < -0.4 is 11.3 Å². The third-order valence-electron chi connectivity index (χ3n) is 8.51. The highest BCUT2D eigenvalue weighted by molar-refractivity contribution is 6.17. The highest BCUT2D eigenvalue weighted by Crippen LogP contribution is 2.45. The van der Waals surface area contributed by atoms with Gasteiger partial charge >= 0.3 is 0 Å². The van der Waals surface area contributed by atoms with Gasteiger partial charge in [0.1, 0.15) is 11.5 Å². The summed E-state index contributed by atoms with van der Waals surface area (Å²) in [6, 6.07) is 2.03. The summed E-state index contributed by atoms with van der Waals surface area (Å²) in [5.74, 6) is -0.634. The number of nitrogens with two attached hydrogens (primary N) is 1. The fraction of sp³-hybridized carbons (Fsp3) is 0.679. The van der Waals surface area contributed by atoms with Gasteiger partial charge in [0.15, 0.2) is 11.6 Å². The number of Topliss-reactive ketones (excluding diaryl/α,β-unsaturated/α-hetero) is 2. The second-order valence-electron chi connectivity index (χ2n) is 10.9. The number of nitrogens with zero attached hydrogens (tertiary/aromatic N) is 3. The molecule has 2 saturated heterocycles. The summed E-state index contributed by atoms with van der Waals surface area (Å²) in [5.41, 5.74) is 5.13. The van der Waals surface area contributed by atoms with E-state index in [1.807, 2.05) is 0 Å². The van der Waals surface area contributed by atoms with E-state index in [1.165, 1.54) is 25.8 Å². The second-order valence-corrected chi connectivity index (χ2v) is 10.9. The molecule has 38 heavy (non-hydrogen) atoms. The Morgan fingerprint density at radius 3 is 2.47 bits per heavy atom. The van der Waals surface area contributed by atoms with Gasteiger partial charge in [-0.25, -0.2) is 4.98 Å². The molecule has 1 aromatic heterocycles. The standard InChI is InChI=1S/C21H26N4O5.C7H15N/c22-17(13-4-3-7-21(18(13)28)6-2-1-5-15(21)26)19-23-14(12-16(27)24-19)20(29)25-8-10-30-11-9-25;1-3-7-5-4-6-8(7)2/h12H,1-11,22H2,(H,23,24,27);7H,3-6H2,1-2H3/b17-13-;/t21-;/m1./s1. The first-order valence-electron chi connectivity index (χ1n) is 14.0. The lowest BCUT2D eigenvalue weighted by atomic mass is 9.62. The van der Waals surface area contributed by atoms with Gasteiger partial charge in [0, 0.05) is 37.2 Å². The van der Waals surface area contributed by atoms with Gasteiger partial charge in [-0.1, -0.05) is 13.3 Å². The molecule has 1 unspecified atom stereocenters. The van der Waals surface area contributed by atoms with Crippen molar-refractivity contribution in [2.75, 3.05) is 39.9 Å². The van der Waals surface area contributed by atoms with E-state index < -0.39 is 11.0 Å². The second kappa shape index (κ2) is 12.3. The van der Waals surface area contributed by atoms with Gasteiger partial charge in [-0.2, -0.15) is 0 Å². The number of H-pyrrole nitrogens is 1. The monoisotopic (exact) mass is 527 g/mol. The van der Waals surface area contributed by atoms with Gasteiger partial charge in [-0.05, 0) is 65.0 Å². The molecule has 4 fully saturated rings. The molecular formula is C28H41N5O5. The number of nitrogens with one attached hydrogen (secondary N) is 1. The SMILES string of the molecule is CCC1CCCN1C.N/C(=C1/CCC[C@@]2(CCCCC2=O)C1=O)c1nc(C(=O)N2CCOCC2)cc(=O)[nH]1. The number of carbonyl (C=O) groups excluding carboxylic acids is 3. The Morgan fingerprint density at radius 1 is 1.11 bits per heavy atom. The Labute approximate surface area is 224 Å². The largest absolute Gasteiger partial charge is 0.395 e. The quantitative estimate of drug-likeness (QED) is 0.451. The molecule has 10 heteroatoms. The van der Waals surface area contributed by atoms with Crippen molar-refractivity contribution in [2.45, 2.75) is 77.2 Å². The van der Waals surface area contributed by atoms with Crippen molar-refractivity contribution >= 4 is 23.2 Å². The first-order chi connectivity index (χ1) is 18.3. The maximum atomic E-state index is 13.3. The fourth-order valence-electron chi connectivity index (χ4n) is 6.20. The molecule has 0 aromatic carbocycles. The van der Waals surface area contributed by atoms with Crippen LogP contribution in [-0.2, 0) is 14.3 Å². The zero-order valence-corrected chi connectivity index (χ0v) is 22.7. The smallest absolute Gasteiger partial charge is 0.272 e. The molecule has 1 aromatic rings. The van der Waals surface area contributed by atoms with E-state index in [2.05, 4.69) is 28.8 Å². The molecule has 2 aliphatic carbocycles. The molecule has 3 heterocycles. The van der Waals surface area contributed by atoms with Gasteiger partial charge in [0.05, 0.1) is 24.3 Å². The van der Waals surface area contributed by atoms with Crippen LogP contribution in [0.25, 0.3) is 5.70 Å². The van der Waals surface area contributed by atoms with E-state index in [9.17, 15) is 19.2 Å². The number of ketones is 2. The van der Waals surface area contributed by atoms with Crippen molar-refractivity contribution in [2.24, 2.45) is 11.1 Å². The Hall–Kier alpha value is -2.85. The third kappa shape index (κ3) is 5.91. The molecule has 1 amide bonds. The molecule has 10 nitrogen and oxygen atoms in total. The third-order valence-corrected chi connectivity index (χ3v) is 8.51. The molecular weight excluding hydrogens is 486 g/mol. The maximum absolute atomic E-state index is 13.3. The molecule has 2 saturated carbocycles. The molecule has 0 bridgehead atoms. The van der Waals surface area contributed by atoms with Gasteiger partial charge in [-0.15, -0.1) is 0 Å². The number of likely N-dealkylation sites (tertiary alicyclic amines) is 1. The average molecular weight is 528 g/mol. The zero-order valence-electron chi connectivity index (χ0n) is 22.7. The van der Waals surface area contributed by atoms with Crippen molar-refractivity contribution in [3.05, 3.63) is 33.5 Å². The minimum absolute atomic E-state index is 0.00256.